The maximum absolute atomic E-state index is 13.9. The number of carbonyl (C=O) groups excluding carboxylic acids is 2. The van der Waals surface area contributed by atoms with Gasteiger partial charge in [-0.2, -0.15) is 0 Å². The van der Waals surface area contributed by atoms with Crippen LogP contribution in [-0.4, -0.2) is 36.0 Å². The monoisotopic (exact) mass is 384 g/mol. The summed E-state index contributed by atoms with van der Waals surface area (Å²) in [4.78, 5) is 37.4. The molecule has 0 bridgehead atoms. The lowest BCUT2D eigenvalue weighted by Crippen LogP contribution is -2.38. The molecule has 28 heavy (non-hydrogen) atoms. The van der Waals surface area contributed by atoms with Crippen molar-refractivity contribution < 1.29 is 23.9 Å². The van der Waals surface area contributed by atoms with Gasteiger partial charge >= 0.3 is 5.97 Å². The molecule has 2 atom stereocenters. The predicted molar refractivity (Wildman–Crippen MR) is 101 cm³/mol. The first-order valence-corrected chi connectivity index (χ1v) is 9.05. The van der Waals surface area contributed by atoms with E-state index in [1.165, 1.54) is 23.1 Å². The Labute approximate surface area is 162 Å². The van der Waals surface area contributed by atoms with Gasteiger partial charge in [-0.1, -0.05) is 42.5 Å². The number of carboxylic acids is 1. The van der Waals surface area contributed by atoms with Crippen molar-refractivity contribution >= 4 is 23.5 Å². The van der Waals surface area contributed by atoms with Gasteiger partial charge in [0.15, 0.2) is 0 Å². The summed E-state index contributed by atoms with van der Waals surface area (Å²) >= 11 is 0. The van der Waals surface area contributed by atoms with Crippen LogP contribution in [0, 0.1) is 17.7 Å². The molecule has 0 spiro atoms. The van der Waals surface area contributed by atoms with Crippen LogP contribution in [0.1, 0.15) is 12.0 Å². The predicted octanol–water partition coefficient (Wildman–Crippen LogP) is 2.24. The van der Waals surface area contributed by atoms with Crippen LogP contribution in [0.15, 0.2) is 54.6 Å². The van der Waals surface area contributed by atoms with Crippen molar-refractivity contribution in [3.63, 3.8) is 0 Å². The van der Waals surface area contributed by atoms with Crippen molar-refractivity contribution in [2.45, 2.75) is 12.8 Å². The Balaban J connectivity index is 1.59. The standard InChI is InChI=1S/C21H21FN2O4/c22-17-8-4-5-9-18(17)24-13-16(11-19(24)25)20(26)23-12-15(21(27)28)10-14-6-2-1-3-7-14/h1-9,15-16H,10-13H2,(H,23,26)(H,27,28). The van der Waals surface area contributed by atoms with Crippen molar-refractivity contribution in [2.24, 2.45) is 11.8 Å². The topological polar surface area (TPSA) is 86.7 Å². The highest BCUT2D eigenvalue weighted by molar-refractivity contribution is 6.00. The number of benzene rings is 2. The molecule has 7 heteroatoms. The first-order chi connectivity index (χ1) is 13.5. The van der Waals surface area contributed by atoms with Crippen molar-refractivity contribution in [1.82, 2.24) is 5.32 Å². The number of para-hydroxylation sites is 1. The number of rotatable bonds is 7. The van der Waals surface area contributed by atoms with Crippen LogP contribution >= 0.6 is 0 Å². The van der Waals surface area contributed by atoms with Gasteiger partial charge in [0, 0.05) is 19.5 Å². The second-order valence-corrected chi connectivity index (χ2v) is 6.83. The molecule has 1 aliphatic rings. The molecule has 6 nitrogen and oxygen atoms in total. The van der Waals surface area contributed by atoms with Crippen LogP contribution in [0.25, 0.3) is 0 Å². The molecule has 2 aromatic carbocycles. The van der Waals surface area contributed by atoms with Gasteiger partial charge in [-0.15, -0.1) is 0 Å². The lowest BCUT2D eigenvalue weighted by molar-refractivity contribution is -0.141. The van der Waals surface area contributed by atoms with E-state index in [9.17, 15) is 23.9 Å². The minimum atomic E-state index is -1.00. The summed E-state index contributed by atoms with van der Waals surface area (Å²) in [6.45, 7) is 0.0372. The lowest BCUT2D eigenvalue weighted by Gasteiger charge is -2.18. The largest absolute Gasteiger partial charge is 0.481 e. The second-order valence-electron chi connectivity index (χ2n) is 6.83. The summed E-state index contributed by atoms with van der Waals surface area (Å²) in [5.74, 6) is -3.66. The maximum atomic E-state index is 13.9. The number of carboxylic acid groups (broad SMARTS) is 1. The molecule has 2 unspecified atom stereocenters. The average molecular weight is 384 g/mol. The van der Waals surface area contributed by atoms with Crippen LogP contribution in [0.4, 0.5) is 10.1 Å². The fourth-order valence-corrected chi connectivity index (χ4v) is 3.30. The van der Waals surface area contributed by atoms with Gasteiger partial charge < -0.3 is 15.3 Å². The molecular weight excluding hydrogens is 363 g/mol. The zero-order chi connectivity index (χ0) is 20.1. The third-order valence-electron chi connectivity index (χ3n) is 4.84. The summed E-state index contributed by atoms with van der Waals surface area (Å²) in [5.41, 5.74) is 1.02. The number of anilines is 1. The van der Waals surface area contributed by atoms with E-state index in [-0.39, 0.29) is 31.1 Å². The SMILES string of the molecule is O=C(O)C(CNC(=O)C1CC(=O)N(c2ccccc2F)C1)Cc1ccccc1. The Morgan fingerprint density at radius 1 is 1.14 bits per heavy atom. The number of amides is 2. The number of nitrogens with zero attached hydrogens (tertiary/aromatic N) is 1. The third kappa shape index (κ3) is 4.54. The highest BCUT2D eigenvalue weighted by Gasteiger charge is 2.36. The molecule has 0 aliphatic carbocycles. The smallest absolute Gasteiger partial charge is 0.308 e. The molecular formula is C21H21FN2O4. The van der Waals surface area contributed by atoms with E-state index in [0.29, 0.717) is 6.42 Å². The zero-order valence-corrected chi connectivity index (χ0v) is 15.2. The maximum Gasteiger partial charge on any atom is 0.308 e. The highest BCUT2D eigenvalue weighted by Crippen LogP contribution is 2.27. The first-order valence-electron chi connectivity index (χ1n) is 9.05. The fourth-order valence-electron chi connectivity index (χ4n) is 3.30. The van der Waals surface area contributed by atoms with Gasteiger partial charge in [-0.25, -0.2) is 4.39 Å². The van der Waals surface area contributed by atoms with Gasteiger partial charge in [-0.05, 0) is 24.1 Å². The number of hydrogen-bond donors (Lipinski definition) is 2. The normalized spacial score (nSPS) is 17.4. The van der Waals surface area contributed by atoms with Gasteiger partial charge in [0.1, 0.15) is 5.82 Å². The Hall–Kier alpha value is -3.22. The Morgan fingerprint density at radius 2 is 1.82 bits per heavy atom. The summed E-state index contributed by atoms with van der Waals surface area (Å²) in [6.07, 6.45) is 0.262. The molecule has 146 valence electrons. The van der Waals surface area contributed by atoms with E-state index in [0.717, 1.165) is 5.56 Å². The van der Waals surface area contributed by atoms with Crippen molar-refractivity contribution in [1.29, 1.82) is 0 Å². The Morgan fingerprint density at radius 3 is 2.50 bits per heavy atom. The average Bonchev–Trinajstić information content (AvgIpc) is 3.07. The quantitative estimate of drug-likeness (QED) is 0.767. The molecule has 1 saturated heterocycles. The highest BCUT2D eigenvalue weighted by atomic mass is 19.1. The molecule has 1 heterocycles. The summed E-state index contributed by atoms with van der Waals surface area (Å²) in [6, 6.07) is 15.1. The molecule has 0 radical (unpaired) electrons. The summed E-state index contributed by atoms with van der Waals surface area (Å²) < 4.78 is 13.9. The zero-order valence-electron chi connectivity index (χ0n) is 15.2. The molecule has 1 aliphatic heterocycles. The fraction of sp³-hybridized carbons (Fsp3) is 0.286. The van der Waals surface area contributed by atoms with Crippen LogP contribution in [0.2, 0.25) is 0 Å². The molecule has 2 N–H and O–H groups in total. The van der Waals surface area contributed by atoms with Gasteiger partial charge in [0.25, 0.3) is 0 Å². The van der Waals surface area contributed by atoms with Crippen LogP contribution < -0.4 is 10.2 Å². The minimum Gasteiger partial charge on any atom is -0.481 e. The Bertz CT molecular complexity index is 872. The van der Waals surface area contributed by atoms with Crippen molar-refractivity contribution in [2.75, 3.05) is 18.0 Å². The number of hydrogen-bond acceptors (Lipinski definition) is 3. The molecule has 0 saturated carbocycles. The molecule has 0 aromatic heterocycles. The number of carbonyl (C=O) groups is 3. The number of halogens is 1. The molecule has 3 rings (SSSR count). The second kappa shape index (κ2) is 8.65. The lowest BCUT2D eigenvalue weighted by atomic mass is 9.99. The third-order valence-corrected chi connectivity index (χ3v) is 4.84. The van der Waals surface area contributed by atoms with Gasteiger partial charge in [0.2, 0.25) is 11.8 Å². The van der Waals surface area contributed by atoms with Crippen LogP contribution in [0.3, 0.4) is 0 Å². The van der Waals surface area contributed by atoms with E-state index >= 15 is 0 Å². The van der Waals surface area contributed by atoms with E-state index < -0.39 is 29.5 Å². The first kappa shape index (κ1) is 19.5. The summed E-state index contributed by atoms with van der Waals surface area (Å²) in [7, 11) is 0. The molecule has 2 aromatic rings. The number of nitrogens with one attached hydrogen (secondary N) is 1. The molecule has 2 amide bonds. The van der Waals surface area contributed by atoms with E-state index in [1.54, 1.807) is 6.07 Å². The van der Waals surface area contributed by atoms with Crippen molar-refractivity contribution in [3.05, 3.63) is 66.0 Å². The molecule has 1 fully saturated rings. The van der Waals surface area contributed by atoms with E-state index in [4.69, 9.17) is 0 Å². The number of aliphatic carboxylic acids is 1. The van der Waals surface area contributed by atoms with E-state index in [2.05, 4.69) is 5.32 Å². The van der Waals surface area contributed by atoms with Gasteiger partial charge in [0.05, 0.1) is 17.5 Å². The van der Waals surface area contributed by atoms with Crippen molar-refractivity contribution in [3.8, 4) is 0 Å². The minimum absolute atomic E-state index is 0.0312. The summed E-state index contributed by atoms with van der Waals surface area (Å²) in [5, 5.41) is 12.1. The van der Waals surface area contributed by atoms with E-state index in [1.807, 2.05) is 30.3 Å². The van der Waals surface area contributed by atoms with Crippen LogP contribution in [-0.2, 0) is 20.8 Å². The Kier molecular flexibility index (Phi) is 6.03. The van der Waals surface area contributed by atoms with Gasteiger partial charge in [-0.3, -0.25) is 14.4 Å². The van der Waals surface area contributed by atoms with Crippen LogP contribution in [0.5, 0.6) is 0 Å².